The van der Waals surface area contributed by atoms with Gasteiger partial charge in [-0.1, -0.05) is 25.1 Å². The number of non-ortho nitro benzene ring substituents is 1. The number of carbonyl (C=O) groups is 1. The summed E-state index contributed by atoms with van der Waals surface area (Å²) in [5.41, 5.74) is -1.40. The lowest BCUT2D eigenvalue weighted by Gasteiger charge is -2.16. The zero-order valence-corrected chi connectivity index (χ0v) is 24.9. The van der Waals surface area contributed by atoms with Crippen molar-refractivity contribution in [2.75, 3.05) is 0 Å². The molecule has 1 aromatic heterocycles. The van der Waals surface area contributed by atoms with Gasteiger partial charge in [-0.25, -0.2) is 17.5 Å². The first kappa shape index (κ1) is 33.1. The number of halogens is 4. The van der Waals surface area contributed by atoms with E-state index in [0.29, 0.717) is 6.42 Å². The van der Waals surface area contributed by atoms with E-state index in [9.17, 15) is 40.9 Å². The normalized spacial score (nSPS) is 12.5. The van der Waals surface area contributed by atoms with Crippen molar-refractivity contribution in [3.8, 4) is 17.3 Å². The van der Waals surface area contributed by atoms with Crippen molar-refractivity contribution in [2.24, 2.45) is 0 Å². The molecule has 16 heteroatoms. The summed E-state index contributed by atoms with van der Waals surface area (Å²) in [7, 11) is -4.37. The molecule has 0 aliphatic rings. The fourth-order valence-electron chi connectivity index (χ4n) is 4.14. The van der Waals surface area contributed by atoms with E-state index in [1.54, 1.807) is 13.8 Å². The van der Waals surface area contributed by atoms with Crippen molar-refractivity contribution in [1.29, 1.82) is 0 Å². The molecule has 2 N–H and O–H groups in total. The Hall–Kier alpha value is -4.83. The molecule has 4 aromatic rings. The van der Waals surface area contributed by atoms with E-state index >= 15 is 0 Å². The predicted molar refractivity (Wildman–Crippen MR) is 154 cm³/mol. The van der Waals surface area contributed by atoms with Gasteiger partial charge in [0.05, 0.1) is 16.2 Å². The van der Waals surface area contributed by atoms with Crippen LogP contribution in [0.4, 0.5) is 23.2 Å². The molecule has 1 heterocycles. The molecule has 1 amide bonds. The van der Waals surface area contributed by atoms with E-state index in [1.807, 2.05) is 0 Å². The van der Waals surface area contributed by atoms with Crippen LogP contribution in [0.1, 0.15) is 47.4 Å². The zero-order valence-electron chi connectivity index (χ0n) is 24.1. The number of benzene rings is 3. The lowest BCUT2D eigenvalue weighted by atomic mass is 10.1. The number of ether oxygens (including phenoxy) is 1. The van der Waals surface area contributed by atoms with Crippen LogP contribution in [-0.4, -0.2) is 35.1 Å². The molecular formula is C29H27F4N5O6S. The van der Waals surface area contributed by atoms with Crippen LogP contribution in [0.2, 0.25) is 0 Å². The number of sulfonamides is 1. The third-order valence-electron chi connectivity index (χ3n) is 6.65. The van der Waals surface area contributed by atoms with E-state index in [1.165, 1.54) is 31.2 Å². The minimum absolute atomic E-state index is 0.0531. The first-order valence-electron chi connectivity index (χ1n) is 13.4. The van der Waals surface area contributed by atoms with E-state index < -0.39 is 55.0 Å². The first-order valence-corrected chi connectivity index (χ1v) is 14.9. The third kappa shape index (κ3) is 7.64. The van der Waals surface area contributed by atoms with E-state index in [4.69, 9.17) is 4.74 Å². The monoisotopic (exact) mass is 649 g/mol. The number of hydrogen-bond acceptors (Lipinski definition) is 7. The maximum Gasteiger partial charge on any atom is 0.416 e. The molecule has 0 saturated heterocycles. The molecule has 3 aromatic carbocycles. The van der Waals surface area contributed by atoms with Gasteiger partial charge in [0.15, 0.2) is 5.69 Å². The SMILES string of the molecule is CC[C@H](C)NS(=O)(=O)c1cc([N+](=O)[O-])ccc1Oc1c(C)c(C(=O)NCc2cccc(C(F)(F)F)c2)nn1-c1cccc(F)c1. The summed E-state index contributed by atoms with van der Waals surface area (Å²) in [6.07, 6.45) is -4.17. The molecular weight excluding hydrogens is 622 g/mol. The summed E-state index contributed by atoms with van der Waals surface area (Å²) in [5, 5.41) is 18.2. The van der Waals surface area contributed by atoms with Gasteiger partial charge in [0.2, 0.25) is 15.9 Å². The van der Waals surface area contributed by atoms with Gasteiger partial charge in [-0.3, -0.25) is 14.9 Å². The highest BCUT2D eigenvalue weighted by Crippen LogP contribution is 2.36. The number of carbonyl (C=O) groups excluding carboxylic acids is 1. The topological polar surface area (TPSA) is 145 Å². The molecule has 45 heavy (non-hydrogen) atoms. The molecule has 4 rings (SSSR count). The highest BCUT2D eigenvalue weighted by Gasteiger charge is 2.31. The number of hydrogen-bond donors (Lipinski definition) is 2. The average molecular weight is 650 g/mol. The molecule has 0 saturated carbocycles. The number of nitro groups is 1. The summed E-state index contributed by atoms with van der Waals surface area (Å²) in [6.45, 7) is 4.45. The fourth-order valence-corrected chi connectivity index (χ4v) is 5.62. The molecule has 0 spiro atoms. The van der Waals surface area contributed by atoms with Gasteiger partial charge in [0.25, 0.3) is 11.6 Å². The molecule has 11 nitrogen and oxygen atoms in total. The van der Waals surface area contributed by atoms with Crippen molar-refractivity contribution in [2.45, 2.75) is 50.9 Å². The van der Waals surface area contributed by atoms with Crippen LogP contribution in [-0.2, 0) is 22.7 Å². The zero-order chi connectivity index (χ0) is 33.1. The van der Waals surface area contributed by atoms with Crippen LogP contribution < -0.4 is 14.8 Å². The number of nitrogens with one attached hydrogen (secondary N) is 2. The number of rotatable bonds is 11. The second-order valence-corrected chi connectivity index (χ2v) is 11.7. The van der Waals surface area contributed by atoms with E-state index in [-0.39, 0.29) is 40.7 Å². The van der Waals surface area contributed by atoms with Gasteiger partial charge in [-0.2, -0.15) is 23.0 Å². The standard InChI is InChI=1S/C29H27F4N5O6S/c1-4-17(2)36-45(42,43)25-15-23(38(40)41)11-12-24(25)44-28-18(3)26(35-37(28)22-10-6-9-21(30)14-22)27(39)34-16-19-7-5-8-20(13-19)29(31,32)33/h5-15,17,36H,4,16H2,1-3H3,(H,34,39)/t17-/m0/s1. The van der Waals surface area contributed by atoms with Crippen LogP contribution in [0.25, 0.3) is 5.69 Å². The van der Waals surface area contributed by atoms with E-state index in [2.05, 4.69) is 15.1 Å². The summed E-state index contributed by atoms with van der Waals surface area (Å²) >= 11 is 0. The number of nitrogens with zero attached hydrogens (tertiary/aromatic N) is 3. The second kappa shape index (κ2) is 13.0. The highest BCUT2D eigenvalue weighted by atomic mass is 32.2. The minimum atomic E-state index is -4.58. The summed E-state index contributed by atoms with van der Waals surface area (Å²) in [4.78, 5) is 23.3. The van der Waals surface area contributed by atoms with Crippen LogP contribution in [0.15, 0.2) is 71.6 Å². The third-order valence-corrected chi connectivity index (χ3v) is 8.26. The maximum absolute atomic E-state index is 14.2. The van der Waals surface area contributed by atoms with Gasteiger partial charge in [0.1, 0.15) is 16.5 Å². The maximum atomic E-state index is 14.2. The Morgan fingerprint density at radius 2 is 1.82 bits per heavy atom. The summed E-state index contributed by atoms with van der Waals surface area (Å²) in [5.74, 6) is -2.06. The van der Waals surface area contributed by atoms with Gasteiger partial charge < -0.3 is 10.1 Å². The van der Waals surface area contributed by atoms with Gasteiger partial charge in [-0.05, 0) is 62.2 Å². The Labute approximate surface area is 255 Å². The van der Waals surface area contributed by atoms with Gasteiger partial charge in [-0.15, -0.1) is 0 Å². The Balaban J connectivity index is 1.77. The quantitative estimate of drug-likeness (QED) is 0.114. The Morgan fingerprint density at radius 3 is 2.47 bits per heavy atom. The summed E-state index contributed by atoms with van der Waals surface area (Å²) < 4.78 is 89.6. The largest absolute Gasteiger partial charge is 0.437 e. The average Bonchev–Trinajstić information content (AvgIpc) is 3.31. The van der Waals surface area contributed by atoms with Crippen molar-refractivity contribution in [1.82, 2.24) is 19.8 Å². The smallest absolute Gasteiger partial charge is 0.416 e. The number of aromatic nitrogens is 2. The van der Waals surface area contributed by atoms with Crippen molar-refractivity contribution in [3.63, 3.8) is 0 Å². The summed E-state index contributed by atoms with van der Waals surface area (Å²) in [6, 6.07) is 11.8. The number of nitro benzene ring substituents is 1. The van der Waals surface area contributed by atoms with Crippen LogP contribution in [0.5, 0.6) is 11.6 Å². The van der Waals surface area contributed by atoms with Gasteiger partial charge >= 0.3 is 6.18 Å². The predicted octanol–water partition coefficient (Wildman–Crippen LogP) is 6.05. The number of amides is 1. The molecule has 0 aliphatic heterocycles. The first-order chi connectivity index (χ1) is 21.1. The fraction of sp³-hybridized carbons (Fsp3) is 0.241. The minimum Gasteiger partial charge on any atom is -0.437 e. The molecule has 238 valence electrons. The van der Waals surface area contributed by atoms with Gasteiger partial charge in [0, 0.05) is 30.3 Å². The molecule has 0 unspecified atom stereocenters. The number of alkyl halides is 3. The van der Waals surface area contributed by atoms with E-state index in [0.717, 1.165) is 47.1 Å². The molecule has 0 radical (unpaired) electrons. The Bertz CT molecular complexity index is 1860. The second-order valence-electron chi connectivity index (χ2n) is 9.97. The van der Waals surface area contributed by atoms with Crippen molar-refractivity contribution in [3.05, 3.63) is 105 Å². The van der Waals surface area contributed by atoms with Crippen molar-refractivity contribution >= 4 is 21.6 Å². The molecule has 0 fully saturated rings. The van der Waals surface area contributed by atoms with Crippen molar-refractivity contribution < 1.29 is 40.4 Å². The Kier molecular flexibility index (Phi) is 9.58. The molecule has 1 atom stereocenters. The molecule has 0 aliphatic carbocycles. The lowest BCUT2D eigenvalue weighted by Crippen LogP contribution is -2.32. The molecule has 0 bridgehead atoms. The van der Waals surface area contributed by atoms with Crippen LogP contribution in [0.3, 0.4) is 0 Å². The lowest BCUT2D eigenvalue weighted by molar-refractivity contribution is -0.385. The Morgan fingerprint density at radius 1 is 1.11 bits per heavy atom. The van der Waals surface area contributed by atoms with Crippen LogP contribution in [0, 0.1) is 22.9 Å². The highest BCUT2D eigenvalue weighted by molar-refractivity contribution is 7.89. The van der Waals surface area contributed by atoms with Crippen LogP contribution >= 0.6 is 0 Å².